The van der Waals surface area contributed by atoms with Gasteiger partial charge in [0.15, 0.2) is 18.9 Å². The van der Waals surface area contributed by atoms with Gasteiger partial charge in [-0.05, 0) is 103 Å². The molecule has 0 bridgehead atoms. The largest absolute Gasteiger partial charge is 0.394 e. The average molecular weight is 1410 g/mol. The van der Waals surface area contributed by atoms with Crippen molar-refractivity contribution in [1.29, 1.82) is 0 Å². The van der Waals surface area contributed by atoms with Crippen molar-refractivity contribution < 1.29 is 89.4 Å². The van der Waals surface area contributed by atoms with Crippen molar-refractivity contribution in [2.75, 3.05) is 26.4 Å². The van der Waals surface area contributed by atoms with Gasteiger partial charge in [-0.25, -0.2) is 0 Å². The Kier molecular flexibility index (Phi) is 54.7. The number of ether oxygens (including phenoxy) is 6. The van der Waals surface area contributed by atoms with Crippen LogP contribution in [0.25, 0.3) is 0 Å². The van der Waals surface area contributed by atoms with Crippen LogP contribution in [0.2, 0.25) is 0 Å². The van der Waals surface area contributed by atoms with Gasteiger partial charge in [-0.1, -0.05) is 264 Å². The van der Waals surface area contributed by atoms with Crippen LogP contribution in [0.5, 0.6) is 0 Å². The highest BCUT2D eigenvalue weighted by Gasteiger charge is 2.53. The van der Waals surface area contributed by atoms with E-state index in [1.54, 1.807) is 6.08 Å². The second-order valence-electron chi connectivity index (χ2n) is 27.1. The Bertz CT molecular complexity index is 2280. The molecule has 0 aromatic carbocycles. The summed E-state index contributed by atoms with van der Waals surface area (Å²) < 4.78 is 34.4. The van der Waals surface area contributed by atoms with Crippen LogP contribution in [0.3, 0.4) is 0 Å². The van der Waals surface area contributed by atoms with Crippen LogP contribution in [-0.4, -0.2) is 193 Å². The number of carbonyl (C=O) groups excluding carboxylic acids is 1. The summed E-state index contributed by atoms with van der Waals surface area (Å²) in [7, 11) is 0. The molecule has 3 heterocycles. The molecule has 0 radical (unpaired) electrons. The van der Waals surface area contributed by atoms with Crippen molar-refractivity contribution in [1.82, 2.24) is 5.32 Å². The van der Waals surface area contributed by atoms with Gasteiger partial charge in [0.25, 0.3) is 0 Å². The minimum atomic E-state index is -1.99. The molecule has 3 fully saturated rings. The number of hydrogen-bond donors (Lipinski definition) is 12. The minimum Gasteiger partial charge on any atom is -0.394 e. The SMILES string of the molecule is CC/C=C\C/C=C\C/C=C\C/C=C\C/C=C\C/C=C\C/C=C\CCCCCC(=O)NC(COC1OC(CO)C(OC2OC(CO)C(OC3OC(CO)C(O)C(O)C3O)C(O)C2O)C(O)C1O)C(O)/C=C/CC/C=C/CC/C=C/CCCCCCCCCCCCCCCCCCCCCC. The Morgan fingerprint density at radius 3 is 1.12 bits per heavy atom. The van der Waals surface area contributed by atoms with E-state index in [1.807, 2.05) is 6.08 Å². The number of aliphatic hydroxyl groups excluding tert-OH is 11. The van der Waals surface area contributed by atoms with Crippen molar-refractivity contribution in [3.8, 4) is 0 Å². The van der Waals surface area contributed by atoms with E-state index in [0.717, 1.165) is 89.9 Å². The number of carbonyl (C=O) groups is 1. The summed E-state index contributed by atoms with van der Waals surface area (Å²) >= 11 is 0. The van der Waals surface area contributed by atoms with Gasteiger partial charge in [0.05, 0.1) is 38.6 Å². The Balaban J connectivity index is 1.43. The molecular weight excluding hydrogens is 1270 g/mol. The van der Waals surface area contributed by atoms with Crippen LogP contribution in [-0.2, 0) is 33.2 Å². The van der Waals surface area contributed by atoms with Crippen LogP contribution in [0, 0.1) is 0 Å². The van der Waals surface area contributed by atoms with Crippen LogP contribution in [0.1, 0.15) is 251 Å². The molecule has 0 spiro atoms. The zero-order chi connectivity index (χ0) is 72.5. The molecule has 0 aliphatic carbocycles. The monoisotopic (exact) mass is 1410 g/mol. The molecule has 0 saturated carbocycles. The first-order valence-electron chi connectivity index (χ1n) is 38.8. The van der Waals surface area contributed by atoms with E-state index in [-0.39, 0.29) is 12.3 Å². The lowest BCUT2D eigenvalue weighted by Gasteiger charge is -2.48. The molecule has 1 amide bonds. The van der Waals surface area contributed by atoms with Crippen molar-refractivity contribution in [3.63, 3.8) is 0 Å². The second kappa shape index (κ2) is 60.5. The topological polar surface area (TPSA) is 307 Å². The molecule has 17 atom stereocenters. The minimum absolute atomic E-state index is 0.184. The maximum atomic E-state index is 13.4. The smallest absolute Gasteiger partial charge is 0.220 e. The summed E-state index contributed by atoms with van der Waals surface area (Å²) in [4.78, 5) is 13.4. The van der Waals surface area contributed by atoms with E-state index < -0.39 is 131 Å². The van der Waals surface area contributed by atoms with E-state index >= 15 is 0 Å². The lowest BCUT2D eigenvalue weighted by Crippen LogP contribution is -2.66. The fourth-order valence-corrected chi connectivity index (χ4v) is 12.3. The molecular formula is C81H137NO18. The first-order valence-corrected chi connectivity index (χ1v) is 38.8. The zero-order valence-electron chi connectivity index (χ0n) is 61.1. The standard InChI is InChI=1S/C81H137NO18/c1-3-5-7-9-11-13-15-17-19-21-23-25-27-29-30-31-32-33-35-36-38-40-42-44-46-48-50-52-54-56-58-65(86)64(82-69(87)59-57-55-53-51-49-47-45-43-41-39-37-34-28-26-24-22-20-18-16-14-12-10-8-6-4-2)63-95-79-75(93)72(90)77(67(61-84)97-79)100-81-76(94)73(91)78(68(62-85)98-81)99-80-74(92)71(89)70(88)66(60-83)96-80/h6,8,12,14,18,20,24,26,34,37,40-43,47-50,56,58,64-68,70-81,83-86,88-94H,3-5,7,9-11,13,15-17,19,21-23,25,27-33,35-36,38-39,44-46,51-55,57,59-63H2,1-2H3,(H,82,87)/b8-6-,14-12-,20-18-,26-24-,37-34-,42-40+,43-41-,49-47-,50-48+,58-56+. The predicted molar refractivity (Wildman–Crippen MR) is 397 cm³/mol. The summed E-state index contributed by atoms with van der Waals surface area (Å²) in [5.41, 5.74) is 0. The molecule has 19 heteroatoms. The molecule has 3 aliphatic rings. The van der Waals surface area contributed by atoms with Crippen molar-refractivity contribution >= 4 is 5.91 Å². The van der Waals surface area contributed by atoms with E-state index in [0.29, 0.717) is 12.8 Å². The number of allylic oxidation sites excluding steroid dienone is 19. The molecule has 3 rings (SSSR count). The quantitative estimate of drug-likeness (QED) is 0.0199. The zero-order valence-corrected chi connectivity index (χ0v) is 61.1. The van der Waals surface area contributed by atoms with Crippen LogP contribution in [0.15, 0.2) is 122 Å². The van der Waals surface area contributed by atoms with Gasteiger partial charge in [0, 0.05) is 6.42 Å². The van der Waals surface area contributed by atoms with Gasteiger partial charge in [-0.3, -0.25) is 4.79 Å². The number of aliphatic hydroxyl groups is 11. The summed E-state index contributed by atoms with van der Waals surface area (Å²) in [6.45, 7) is 1.57. The number of unbranched alkanes of at least 4 members (excludes halogenated alkanes) is 25. The molecule has 3 aliphatic heterocycles. The lowest BCUT2D eigenvalue weighted by atomic mass is 9.96. The van der Waals surface area contributed by atoms with Gasteiger partial charge in [0.1, 0.15) is 73.2 Å². The summed E-state index contributed by atoms with van der Waals surface area (Å²) in [5.74, 6) is -0.325. The van der Waals surface area contributed by atoms with Gasteiger partial charge < -0.3 is 89.9 Å². The third-order valence-electron chi connectivity index (χ3n) is 18.5. The lowest BCUT2D eigenvalue weighted by molar-refractivity contribution is -0.379. The predicted octanol–water partition coefficient (Wildman–Crippen LogP) is 12.3. The number of hydrogen-bond acceptors (Lipinski definition) is 18. The first-order chi connectivity index (χ1) is 48.8. The van der Waals surface area contributed by atoms with Gasteiger partial charge in [-0.15, -0.1) is 0 Å². The fourth-order valence-electron chi connectivity index (χ4n) is 12.3. The maximum Gasteiger partial charge on any atom is 0.220 e. The van der Waals surface area contributed by atoms with Gasteiger partial charge in [0.2, 0.25) is 5.91 Å². The molecule has 0 aromatic rings. The van der Waals surface area contributed by atoms with E-state index in [9.17, 15) is 61.0 Å². The molecule has 3 saturated heterocycles. The Morgan fingerprint density at radius 2 is 0.700 bits per heavy atom. The Labute approximate surface area is 601 Å². The second-order valence-corrected chi connectivity index (χ2v) is 27.1. The van der Waals surface area contributed by atoms with Crippen molar-refractivity contribution in [2.45, 2.75) is 356 Å². The van der Waals surface area contributed by atoms with Gasteiger partial charge >= 0.3 is 0 Å². The highest BCUT2D eigenvalue weighted by atomic mass is 16.8. The highest BCUT2D eigenvalue weighted by molar-refractivity contribution is 5.76. The Morgan fingerprint density at radius 1 is 0.370 bits per heavy atom. The molecule has 100 heavy (non-hydrogen) atoms. The number of nitrogens with one attached hydrogen (secondary N) is 1. The molecule has 0 aromatic heterocycles. The van der Waals surface area contributed by atoms with E-state index in [1.165, 1.54) is 128 Å². The van der Waals surface area contributed by atoms with Crippen molar-refractivity contribution in [3.05, 3.63) is 122 Å². The van der Waals surface area contributed by atoms with E-state index in [2.05, 4.69) is 129 Å². The van der Waals surface area contributed by atoms with Crippen LogP contribution < -0.4 is 5.32 Å². The third kappa shape index (κ3) is 40.5. The first kappa shape index (κ1) is 90.4. The maximum absolute atomic E-state index is 13.4. The molecule has 574 valence electrons. The van der Waals surface area contributed by atoms with Crippen LogP contribution >= 0.6 is 0 Å². The fraction of sp³-hybridized carbons (Fsp3) is 0.741. The third-order valence-corrected chi connectivity index (χ3v) is 18.5. The summed E-state index contributed by atoms with van der Waals surface area (Å²) in [6, 6.07) is -1.03. The normalized spacial score (nSPS) is 27.1. The Hall–Kier alpha value is -3.81. The average Bonchev–Trinajstić information content (AvgIpc) is 0.783. The van der Waals surface area contributed by atoms with Crippen LogP contribution in [0.4, 0.5) is 0 Å². The summed E-state index contributed by atoms with van der Waals surface area (Å²) in [5, 5.41) is 121. The summed E-state index contributed by atoms with van der Waals surface area (Å²) in [6.07, 6.45) is 57.6. The van der Waals surface area contributed by atoms with Gasteiger partial charge in [-0.2, -0.15) is 0 Å². The molecule has 19 nitrogen and oxygen atoms in total. The number of amides is 1. The highest BCUT2D eigenvalue weighted by Crippen LogP contribution is 2.33. The van der Waals surface area contributed by atoms with E-state index in [4.69, 9.17) is 28.4 Å². The number of rotatable bonds is 59. The molecule has 17 unspecified atom stereocenters. The van der Waals surface area contributed by atoms with Crippen molar-refractivity contribution in [2.24, 2.45) is 0 Å². The molecule has 12 N–H and O–H groups in total.